The molecule has 1 heterocycles. The van der Waals surface area contributed by atoms with Gasteiger partial charge in [-0.05, 0) is 12.8 Å². The number of hydrogen-bond donors (Lipinski definition) is 1. The zero-order valence-corrected chi connectivity index (χ0v) is 11.1. The van der Waals surface area contributed by atoms with E-state index in [1.807, 2.05) is 13.8 Å². The van der Waals surface area contributed by atoms with E-state index in [0.29, 0.717) is 6.61 Å². The maximum absolute atomic E-state index is 11.6. The molecule has 1 aromatic rings. The van der Waals surface area contributed by atoms with E-state index in [1.54, 1.807) is 18.6 Å². The highest BCUT2D eigenvalue weighted by Crippen LogP contribution is 2.19. The highest BCUT2D eigenvalue weighted by Gasteiger charge is 2.19. The van der Waals surface area contributed by atoms with E-state index in [1.165, 1.54) is 12.3 Å². The van der Waals surface area contributed by atoms with Gasteiger partial charge in [0, 0.05) is 25.1 Å². The Morgan fingerprint density at radius 1 is 1.50 bits per heavy atom. The van der Waals surface area contributed by atoms with Gasteiger partial charge in [-0.3, -0.25) is 4.79 Å². The lowest BCUT2D eigenvalue weighted by Gasteiger charge is -2.26. The summed E-state index contributed by atoms with van der Waals surface area (Å²) < 4.78 is 6.96. The van der Waals surface area contributed by atoms with Crippen LogP contribution >= 0.6 is 0 Å². The van der Waals surface area contributed by atoms with Gasteiger partial charge >= 0.3 is 5.97 Å². The van der Waals surface area contributed by atoms with E-state index < -0.39 is 11.4 Å². The summed E-state index contributed by atoms with van der Waals surface area (Å²) in [6.07, 6.45) is 1.41. The smallest absolute Gasteiger partial charge is 0.341 e. The monoisotopic (exact) mass is 253 g/mol. The molecule has 0 aromatic carbocycles. The molecule has 0 aliphatic rings. The third-order valence-electron chi connectivity index (χ3n) is 2.98. The van der Waals surface area contributed by atoms with Gasteiger partial charge < -0.3 is 14.4 Å². The zero-order valence-electron chi connectivity index (χ0n) is 11.1. The average Bonchev–Trinajstić information content (AvgIpc) is 2.26. The Morgan fingerprint density at radius 3 is 2.56 bits per heavy atom. The summed E-state index contributed by atoms with van der Waals surface area (Å²) in [5.41, 5.74) is 0.0688. The number of methoxy groups -OCH3 is 1. The van der Waals surface area contributed by atoms with Crippen LogP contribution < -0.4 is 5.43 Å². The summed E-state index contributed by atoms with van der Waals surface area (Å²) in [5.74, 6) is -0.929. The fraction of sp³-hybridized carbons (Fsp3) is 0.538. The molecule has 0 radical (unpaired) electrons. The van der Waals surface area contributed by atoms with E-state index in [-0.39, 0.29) is 17.5 Å². The Morgan fingerprint density at radius 2 is 2.11 bits per heavy atom. The molecule has 0 aliphatic carbocycles. The Kier molecular flexibility index (Phi) is 4.67. The topological polar surface area (TPSA) is 68.5 Å². The predicted molar refractivity (Wildman–Crippen MR) is 68.1 cm³/mol. The SMILES string of the molecule is COCC(C(C)C)n1cc(C(=O)O)c(=O)cc1C. The lowest BCUT2D eigenvalue weighted by atomic mass is 10.0. The first-order valence-electron chi connectivity index (χ1n) is 5.83. The lowest BCUT2D eigenvalue weighted by molar-refractivity contribution is 0.0693. The Balaban J connectivity index is 3.34. The lowest BCUT2D eigenvalue weighted by Crippen LogP contribution is -2.26. The van der Waals surface area contributed by atoms with Crippen molar-refractivity contribution >= 4 is 5.97 Å². The van der Waals surface area contributed by atoms with E-state index in [0.717, 1.165) is 5.69 Å². The molecule has 1 N–H and O–H groups in total. The van der Waals surface area contributed by atoms with Crippen LogP contribution in [0.5, 0.6) is 0 Å². The number of rotatable bonds is 5. The average molecular weight is 253 g/mol. The van der Waals surface area contributed by atoms with Crippen LogP contribution in [-0.4, -0.2) is 29.4 Å². The molecule has 1 atom stereocenters. The summed E-state index contributed by atoms with van der Waals surface area (Å²) in [7, 11) is 1.60. The van der Waals surface area contributed by atoms with Crippen LogP contribution in [0.4, 0.5) is 0 Å². The van der Waals surface area contributed by atoms with Crippen LogP contribution in [-0.2, 0) is 4.74 Å². The number of carbonyl (C=O) groups is 1. The van der Waals surface area contributed by atoms with E-state index in [9.17, 15) is 9.59 Å². The van der Waals surface area contributed by atoms with Crippen molar-refractivity contribution < 1.29 is 14.6 Å². The van der Waals surface area contributed by atoms with E-state index in [4.69, 9.17) is 9.84 Å². The van der Waals surface area contributed by atoms with Crippen molar-refractivity contribution in [3.05, 3.63) is 33.7 Å². The van der Waals surface area contributed by atoms with Gasteiger partial charge in [0.15, 0.2) is 5.43 Å². The second-order valence-corrected chi connectivity index (χ2v) is 4.67. The van der Waals surface area contributed by atoms with Crippen molar-refractivity contribution in [2.45, 2.75) is 26.8 Å². The van der Waals surface area contributed by atoms with Gasteiger partial charge in [-0.15, -0.1) is 0 Å². The molecule has 0 aliphatic heterocycles. The first kappa shape index (κ1) is 14.4. The van der Waals surface area contributed by atoms with Crippen molar-refractivity contribution in [1.29, 1.82) is 0 Å². The number of pyridine rings is 1. The molecule has 0 bridgehead atoms. The first-order valence-corrected chi connectivity index (χ1v) is 5.83. The maximum Gasteiger partial charge on any atom is 0.341 e. The van der Waals surface area contributed by atoms with Gasteiger partial charge in [-0.2, -0.15) is 0 Å². The normalized spacial score (nSPS) is 12.7. The first-order chi connectivity index (χ1) is 8.38. The van der Waals surface area contributed by atoms with Gasteiger partial charge in [0.1, 0.15) is 5.56 Å². The number of nitrogens with zero attached hydrogens (tertiary/aromatic N) is 1. The number of aromatic carboxylic acids is 1. The quantitative estimate of drug-likeness (QED) is 0.867. The molecule has 0 spiro atoms. The standard InChI is InChI=1S/C13H19NO4/c1-8(2)11(7-18-4)14-6-10(13(16)17)12(15)5-9(14)3/h5-6,8,11H,7H2,1-4H3,(H,16,17). The Labute approximate surface area is 106 Å². The number of hydrogen-bond acceptors (Lipinski definition) is 3. The van der Waals surface area contributed by atoms with Crippen molar-refractivity contribution in [2.24, 2.45) is 5.92 Å². The van der Waals surface area contributed by atoms with Crippen LogP contribution in [0.3, 0.4) is 0 Å². The molecular weight excluding hydrogens is 234 g/mol. The van der Waals surface area contributed by atoms with Crippen LogP contribution in [0.15, 0.2) is 17.1 Å². The second-order valence-electron chi connectivity index (χ2n) is 4.67. The largest absolute Gasteiger partial charge is 0.477 e. The van der Waals surface area contributed by atoms with Crippen LogP contribution in [0.1, 0.15) is 35.9 Å². The van der Waals surface area contributed by atoms with Crippen LogP contribution in [0, 0.1) is 12.8 Å². The molecule has 1 aromatic heterocycles. The zero-order chi connectivity index (χ0) is 13.9. The summed E-state index contributed by atoms with van der Waals surface area (Å²) >= 11 is 0. The third-order valence-corrected chi connectivity index (χ3v) is 2.98. The van der Waals surface area contributed by atoms with Crippen molar-refractivity contribution in [3.8, 4) is 0 Å². The van der Waals surface area contributed by atoms with E-state index in [2.05, 4.69) is 0 Å². The number of carboxylic acid groups (broad SMARTS) is 1. The predicted octanol–water partition coefficient (Wildman–Crippen LogP) is 1.70. The van der Waals surface area contributed by atoms with Gasteiger partial charge in [-0.1, -0.05) is 13.8 Å². The fourth-order valence-electron chi connectivity index (χ4n) is 1.93. The van der Waals surface area contributed by atoms with Crippen molar-refractivity contribution in [2.75, 3.05) is 13.7 Å². The molecule has 1 rings (SSSR count). The number of ether oxygens (including phenoxy) is 1. The fourth-order valence-corrected chi connectivity index (χ4v) is 1.93. The van der Waals surface area contributed by atoms with Crippen LogP contribution in [0.25, 0.3) is 0 Å². The second kappa shape index (κ2) is 5.82. The number of carboxylic acids is 1. The molecule has 18 heavy (non-hydrogen) atoms. The minimum absolute atomic E-state index is 0.00806. The maximum atomic E-state index is 11.6. The minimum Gasteiger partial charge on any atom is -0.477 e. The highest BCUT2D eigenvalue weighted by molar-refractivity contribution is 5.87. The van der Waals surface area contributed by atoms with Gasteiger partial charge in [0.2, 0.25) is 0 Å². The Hall–Kier alpha value is -1.62. The molecular formula is C13H19NO4. The minimum atomic E-state index is -1.20. The van der Waals surface area contributed by atoms with Crippen molar-refractivity contribution in [1.82, 2.24) is 4.57 Å². The van der Waals surface area contributed by atoms with Gasteiger partial charge in [-0.25, -0.2) is 4.79 Å². The number of aryl methyl sites for hydroxylation is 1. The van der Waals surface area contributed by atoms with E-state index >= 15 is 0 Å². The van der Waals surface area contributed by atoms with Gasteiger partial charge in [0.25, 0.3) is 0 Å². The number of aromatic nitrogens is 1. The molecule has 0 saturated carbocycles. The molecule has 0 saturated heterocycles. The summed E-state index contributed by atoms with van der Waals surface area (Å²) in [6, 6.07) is 1.36. The summed E-state index contributed by atoms with van der Waals surface area (Å²) in [6.45, 7) is 6.32. The molecule has 0 fully saturated rings. The molecule has 5 nitrogen and oxygen atoms in total. The Bertz CT molecular complexity index is 490. The van der Waals surface area contributed by atoms with Crippen molar-refractivity contribution in [3.63, 3.8) is 0 Å². The molecule has 5 heteroatoms. The molecule has 100 valence electrons. The van der Waals surface area contributed by atoms with Gasteiger partial charge in [0.05, 0.1) is 12.6 Å². The highest BCUT2D eigenvalue weighted by atomic mass is 16.5. The van der Waals surface area contributed by atoms with Crippen LogP contribution in [0.2, 0.25) is 0 Å². The summed E-state index contributed by atoms with van der Waals surface area (Å²) in [5, 5.41) is 8.99. The summed E-state index contributed by atoms with van der Waals surface area (Å²) in [4.78, 5) is 22.5. The third kappa shape index (κ3) is 2.98. The molecule has 1 unspecified atom stereocenters. The molecule has 0 amide bonds.